The number of nitrogens with one attached hydrogen (secondary N) is 1. The number of hydrogen-bond acceptors (Lipinski definition) is 5. The molecule has 1 aromatic carbocycles. The fourth-order valence-corrected chi connectivity index (χ4v) is 2.26. The number of hydrogen-bond donors (Lipinski definition) is 2. The predicted molar refractivity (Wildman–Crippen MR) is 77.7 cm³/mol. The number of rotatable bonds is 5. The molecule has 1 aromatic heterocycles. The van der Waals surface area contributed by atoms with Crippen molar-refractivity contribution in [3.05, 3.63) is 53.3 Å². The molecule has 2 rings (SSSR count). The van der Waals surface area contributed by atoms with Crippen molar-refractivity contribution in [2.75, 3.05) is 14.2 Å². The lowest BCUT2D eigenvalue weighted by atomic mass is 9.97. The van der Waals surface area contributed by atoms with Crippen LogP contribution in [0.25, 0.3) is 0 Å². The SMILES string of the molecule is COc1cccc(OC)c1C(NN)c1ccnc(C)c1. The van der Waals surface area contributed by atoms with Gasteiger partial charge in [0.1, 0.15) is 11.5 Å². The largest absolute Gasteiger partial charge is 0.496 e. The van der Waals surface area contributed by atoms with E-state index in [0.717, 1.165) is 28.3 Å². The molecule has 5 heteroatoms. The highest BCUT2D eigenvalue weighted by molar-refractivity contribution is 5.50. The smallest absolute Gasteiger partial charge is 0.127 e. The lowest BCUT2D eigenvalue weighted by Crippen LogP contribution is -2.29. The molecule has 106 valence electrons. The average molecular weight is 273 g/mol. The third-order valence-corrected chi connectivity index (χ3v) is 3.18. The van der Waals surface area contributed by atoms with E-state index >= 15 is 0 Å². The van der Waals surface area contributed by atoms with Crippen molar-refractivity contribution >= 4 is 0 Å². The molecule has 3 N–H and O–H groups in total. The van der Waals surface area contributed by atoms with Gasteiger partial charge in [-0.1, -0.05) is 6.07 Å². The minimum atomic E-state index is -0.234. The number of aryl methyl sites for hydroxylation is 1. The van der Waals surface area contributed by atoms with E-state index in [1.807, 2.05) is 37.3 Å². The Morgan fingerprint density at radius 1 is 1.15 bits per heavy atom. The molecule has 0 amide bonds. The highest BCUT2D eigenvalue weighted by atomic mass is 16.5. The summed E-state index contributed by atoms with van der Waals surface area (Å²) in [7, 11) is 3.26. The van der Waals surface area contributed by atoms with Crippen LogP contribution in [0.5, 0.6) is 11.5 Å². The van der Waals surface area contributed by atoms with E-state index in [1.165, 1.54) is 0 Å². The van der Waals surface area contributed by atoms with E-state index in [-0.39, 0.29) is 6.04 Å². The molecule has 1 unspecified atom stereocenters. The molecule has 0 aliphatic carbocycles. The standard InChI is InChI=1S/C15H19N3O2/c1-10-9-11(7-8-17-10)15(18-16)14-12(19-2)5-4-6-13(14)20-3/h4-9,15,18H,16H2,1-3H3. The lowest BCUT2D eigenvalue weighted by molar-refractivity contribution is 0.377. The van der Waals surface area contributed by atoms with Crippen LogP contribution in [0.1, 0.15) is 22.9 Å². The molecule has 0 spiro atoms. The second kappa shape index (κ2) is 6.36. The average Bonchev–Trinajstić information content (AvgIpc) is 2.48. The highest BCUT2D eigenvalue weighted by Crippen LogP contribution is 2.36. The zero-order valence-electron chi connectivity index (χ0n) is 11.9. The van der Waals surface area contributed by atoms with E-state index in [9.17, 15) is 0 Å². The first-order chi connectivity index (χ1) is 9.71. The first-order valence-corrected chi connectivity index (χ1v) is 6.30. The molecule has 2 aromatic rings. The summed E-state index contributed by atoms with van der Waals surface area (Å²) < 4.78 is 10.9. The minimum Gasteiger partial charge on any atom is -0.496 e. The fourth-order valence-electron chi connectivity index (χ4n) is 2.26. The van der Waals surface area contributed by atoms with E-state index in [4.69, 9.17) is 15.3 Å². The van der Waals surface area contributed by atoms with Crippen molar-refractivity contribution in [1.29, 1.82) is 0 Å². The summed E-state index contributed by atoms with van der Waals surface area (Å²) in [4.78, 5) is 4.20. The summed E-state index contributed by atoms with van der Waals surface area (Å²) in [6.07, 6.45) is 1.76. The van der Waals surface area contributed by atoms with Crippen molar-refractivity contribution in [2.24, 2.45) is 5.84 Å². The van der Waals surface area contributed by atoms with E-state index in [2.05, 4.69) is 10.4 Å². The number of hydrazine groups is 1. The minimum absolute atomic E-state index is 0.234. The Morgan fingerprint density at radius 3 is 2.30 bits per heavy atom. The molecule has 0 aliphatic heterocycles. The molecule has 1 heterocycles. The molecular weight excluding hydrogens is 254 g/mol. The van der Waals surface area contributed by atoms with Crippen LogP contribution in [0.3, 0.4) is 0 Å². The van der Waals surface area contributed by atoms with Gasteiger partial charge in [-0.2, -0.15) is 0 Å². The molecule has 0 saturated carbocycles. The molecular formula is C15H19N3O2. The first-order valence-electron chi connectivity index (χ1n) is 6.30. The normalized spacial score (nSPS) is 12.0. The molecule has 1 atom stereocenters. The number of aromatic nitrogens is 1. The van der Waals surface area contributed by atoms with Crippen LogP contribution in [0, 0.1) is 6.92 Å². The van der Waals surface area contributed by atoms with Crippen molar-refractivity contribution in [2.45, 2.75) is 13.0 Å². The second-order valence-electron chi connectivity index (χ2n) is 4.41. The third kappa shape index (κ3) is 2.74. The Hall–Kier alpha value is -2.11. The summed E-state index contributed by atoms with van der Waals surface area (Å²) in [5.74, 6) is 7.20. The maximum absolute atomic E-state index is 5.75. The number of ether oxygens (including phenoxy) is 2. The molecule has 5 nitrogen and oxygen atoms in total. The predicted octanol–water partition coefficient (Wildman–Crippen LogP) is 1.96. The number of methoxy groups -OCH3 is 2. The zero-order valence-corrected chi connectivity index (χ0v) is 11.9. The molecule has 0 saturated heterocycles. The quantitative estimate of drug-likeness (QED) is 0.644. The summed E-state index contributed by atoms with van der Waals surface area (Å²) in [5.41, 5.74) is 5.62. The third-order valence-electron chi connectivity index (χ3n) is 3.18. The van der Waals surface area contributed by atoms with Gasteiger partial charge in [0.05, 0.1) is 25.8 Å². The topological polar surface area (TPSA) is 69.4 Å². The molecule has 0 aliphatic rings. The van der Waals surface area contributed by atoms with Gasteiger partial charge in [0.2, 0.25) is 0 Å². The first kappa shape index (κ1) is 14.3. The molecule has 0 radical (unpaired) electrons. The summed E-state index contributed by atoms with van der Waals surface area (Å²) in [5, 5.41) is 0. The van der Waals surface area contributed by atoms with Crippen LogP contribution >= 0.6 is 0 Å². The van der Waals surface area contributed by atoms with Crippen LogP contribution < -0.4 is 20.7 Å². The van der Waals surface area contributed by atoms with Gasteiger partial charge in [-0.25, -0.2) is 5.43 Å². The van der Waals surface area contributed by atoms with Gasteiger partial charge in [0.15, 0.2) is 0 Å². The van der Waals surface area contributed by atoms with Crippen molar-refractivity contribution in [3.63, 3.8) is 0 Å². The maximum Gasteiger partial charge on any atom is 0.127 e. The lowest BCUT2D eigenvalue weighted by Gasteiger charge is -2.22. The van der Waals surface area contributed by atoms with Crippen LogP contribution in [-0.4, -0.2) is 19.2 Å². The fraction of sp³-hybridized carbons (Fsp3) is 0.267. The summed E-state index contributed by atoms with van der Waals surface area (Å²) in [6, 6.07) is 9.32. The molecule has 0 fully saturated rings. The van der Waals surface area contributed by atoms with E-state index in [0.29, 0.717) is 0 Å². The van der Waals surface area contributed by atoms with Crippen molar-refractivity contribution in [1.82, 2.24) is 10.4 Å². The van der Waals surface area contributed by atoms with Gasteiger partial charge in [0.25, 0.3) is 0 Å². The van der Waals surface area contributed by atoms with Gasteiger partial charge >= 0.3 is 0 Å². The summed E-state index contributed by atoms with van der Waals surface area (Å²) >= 11 is 0. The number of benzene rings is 1. The van der Waals surface area contributed by atoms with Gasteiger partial charge in [-0.3, -0.25) is 10.8 Å². The van der Waals surface area contributed by atoms with Crippen LogP contribution in [0.4, 0.5) is 0 Å². The van der Waals surface area contributed by atoms with Gasteiger partial charge in [-0.05, 0) is 36.8 Å². The number of nitrogens with zero attached hydrogens (tertiary/aromatic N) is 1. The van der Waals surface area contributed by atoms with Crippen molar-refractivity contribution < 1.29 is 9.47 Å². The van der Waals surface area contributed by atoms with E-state index < -0.39 is 0 Å². The Kier molecular flexibility index (Phi) is 4.55. The Balaban J connectivity index is 2.57. The van der Waals surface area contributed by atoms with E-state index in [1.54, 1.807) is 20.4 Å². The van der Waals surface area contributed by atoms with Crippen molar-refractivity contribution in [3.8, 4) is 11.5 Å². The second-order valence-corrected chi connectivity index (χ2v) is 4.41. The van der Waals surface area contributed by atoms with Gasteiger partial charge in [-0.15, -0.1) is 0 Å². The summed E-state index contributed by atoms with van der Waals surface area (Å²) in [6.45, 7) is 1.94. The Bertz CT molecular complexity index is 565. The monoisotopic (exact) mass is 273 g/mol. The maximum atomic E-state index is 5.75. The highest BCUT2D eigenvalue weighted by Gasteiger charge is 2.21. The number of nitrogens with two attached hydrogens (primary N) is 1. The Labute approximate surface area is 118 Å². The number of pyridine rings is 1. The molecule has 0 bridgehead atoms. The zero-order chi connectivity index (χ0) is 14.5. The van der Waals surface area contributed by atoms with Crippen LogP contribution in [0.2, 0.25) is 0 Å². The van der Waals surface area contributed by atoms with Crippen LogP contribution in [-0.2, 0) is 0 Å². The van der Waals surface area contributed by atoms with Crippen LogP contribution in [0.15, 0.2) is 36.5 Å². The van der Waals surface area contributed by atoms with Gasteiger partial charge < -0.3 is 9.47 Å². The molecule has 20 heavy (non-hydrogen) atoms. The van der Waals surface area contributed by atoms with Gasteiger partial charge in [0, 0.05) is 11.9 Å². The Morgan fingerprint density at radius 2 is 1.80 bits per heavy atom.